The molecule has 0 radical (unpaired) electrons. The van der Waals surface area contributed by atoms with Gasteiger partial charge in [-0.25, -0.2) is 4.98 Å². The van der Waals surface area contributed by atoms with Gasteiger partial charge in [-0.3, -0.25) is 4.90 Å². The minimum Gasteiger partial charge on any atom is -0.392 e. The van der Waals surface area contributed by atoms with Crippen molar-refractivity contribution in [3.8, 4) is 0 Å². The van der Waals surface area contributed by atoms with Gasteiger partial charge in [0.15, 0.2) is 5.65 Å². The first-order valence-electron chi connectivity index (χ1n) is 6.72. The highest BCUT2D eigenvalue weighted by Gasteiger charge is 2.30. The molecule has 0 bridgehead atoms. The van der Waals surface area contributed by atoms with Crippen LogP contribution in [0.3, 0.4) is 0 Å². The molecule has 108 valence electrons. The molecule has 1 unspecified atom stereocenters. The molecule has 0 aliphatic heterocycles. The molecule has 3 rings (SSSR count). The van der Waals surface area contributed by atoms with Crippen molar-refractivity contribution >= 4 is 28.8 Å². The Morgan fingerprint density at radius 2 is 2.20 bits per heavy atom. The van der Waals surface area contributed by atoms with E-state index < -0.39 is 0 Å². The van der Waals surface area contributed by atoms with Crippen molar-refractivity contribution in [2.45, 2.75) is 25.5 Å². The predicted molar refractivity (Wildman–Crippen MR) is 80.3 cm³/mol. The van der Waals surface area contributed by atoms with Crippen LogP contribution in [0.15, 0.2) is 18.5 Å². The second-order valence-corrected chi connectivity index (χ2v) is 6.41. The number of fused-ring (bicyclic) bond motifs is 1. The maximum Gasteiger partial charge on any atom is 0.156 e. The Hall–Kier alpha value is -0.810. The molecule has 1 saturated carbocycles. The quantitative estimate of drug-likeness (QED) is 0.922. The zero-order valence-electron chi connectivity index (χ0n) is 11.3. The lowest BCUT2D eigenvalue weighted by atomic mass is 10.2. The second-order valence-electron chi connectivity index (χ2n) is 5.57. The molecule has 6 heteroatoms. The van der Waals surface area contributed by atoms with Crippen LogP contribution in [0.25, 0.3) is 5.65 Å². The largest absolute Gasteiger partial charge is 0.392 e. The number of aliphatic hydroxyl groups is 1. The molecule has 2 aromatic rings. The van der Waals surface area contributed by atoms with E-state index in [0.29, 0.717) is 34.7 Å². The van der Waals surface area contributed by atoms with E-state index in [2.05, 4.69) is 9.88 Å². The van der Waals surface area contributed by atoms with Gasteiger partial charge in [0, 0.05) is 25.5 Å². The summed E-state index contributed by atoms with van der Waals surface area (Å²) in [5.74, 6) is 0.492. The molecule has 1 fully saturated rings. The number of hydrogen-bond acceptors (Lipinski definition) is 3. The summed E-state index contributed by atoms with van der Waals surface area (Å²) < 4.78 is 1.84. The lowest BCUT2D eigenvalue weighted by molar-refractivity contribution is 0.104. The fourth-order valence-corrected chi connectivity index (χ4v) is 2.97. The lowest BCUT2D eigenvalue weighted by Gasteiger charge is -2.19. The Morgan fingerprint density at radius 1 is 1.45 bits per heavy atom. The van der Waals surface area contributed by atoms with Gasteiger partial charge in [0.05, 0.1) is 21.8 Å². The van der Waals surface area contributed by atoms with Gasteiger partial charge in [0.1, 0.15) is 0 Å². The first-order chi connectivity index (χ1) is 9.52. The van der Waals surface area contributed by atoms with Crippen molar-refractivity contribution in [3.63, 3.8) is 0 Å². The van der Waals surface area contributed by atoms with E-state index >= 15 is 0 Å². The average Bonchev–Trinajstić information content (AvgIpc) is 3.11. The summed E-state index contributed by atoms with van der Waals surface area (Å²) in [5.41, 5.74) is 1.63. The van der Waals surface area contributed by atoms with Gasteiger partial charge >= 0.3 is 0 Å². The van der Waals surface area contributed by atoms with Crippen LogP contribution in [-0.2, 0) is 6.54 Å². The summed E-state index contributed by atoms with van der Waals surface area (Å²) in [6, 6.07) is 1.69. The van der Waals surface area contributed by atoms with Gasteiger partial charge in [0.25, 0.3) is 0 Å². The van der Waals surface area contributed by atoms with Crippen LogP contribution in [0.2, 0.25) is 10.0 Å². The highest BCUT2D eigenvalue weighted by molar-refractivity contribution is 6.36. The third-order valence-electron chi connectivity index (χ3n) is 3.62. The minimum atomic E-state index is -0.227. The van der Waals surface area contributed by atoms with E-state index in [4.69, 9.17) is 23.2 Å². The van der Waals surface area contributed by atoms with E-state index in [-0.39, 0.29) is 6.10 Å². The SMILES string of the molecule is CN(Cc1cn2cc(Cl)cc(Cl)c2n1)CC(O)C1CC1. The Bertz CT molecular complexity index is 624. The Kier molecular flexibility index (Phi) is 3.91. The fraction of sp³-hybridized carbons (Fsp3) is 0.500. The average molecular weight is 314 g/mol. The summed E-state index contributed by atoms with van der Waals surface area (Å²) in [4.78, 5) is 6.59. The van der Waals surface area contributed by atoms with Crippen LogP contribution in [0.1, 0.15) is 18.5 Å². The van der Waals surface area contributed by atoms with Crippen LogP contribution in [0, 0.1) is 5.92 Å². The van der Waals surface area contributed by atoms with Crippen molar-refractivity contribution < 1.29 is 5.11 Å². The predicted octanol–water partition coefficient (Wildman–Crippen LogP) is 2.84. The molecule has 2 heterocycles. The molecule has 0 aromatic carbocycles. The maximum atomic E-state index is 9.95. The third-order valence-corrected chi connectivity index (χ3v) is 4.10. The molecule has 1 atom stereocenters. The Morgan fingerprint density at radius 3 is 2.90 bits per heavy atom. The highest BCUT2D eigenvalue weighted by atomic mass is 35.5. The normalized spacial score (nSPS) is 17.1. The van der Waals surface area contributed by atoms with Crippen molar-refractivity contribution in [3.05, 3.63) is 34.2 Å². The number of aromatic nitrogens is 2. The van der Waals surface area contributed by atoms with Crippen LogP contribution in [-0.4, -0.2) is 39.1 Å². The number of rotatable bonds is 5. The zero-order valence-corrected chi connectivity index (χ0v) is 12.8. The Labute approximate surface area is 127 Å². The number of aliphatic hydroxyl groups excluding tert-OH is 1. The van der Waals surface area contributed by atoms with E-state index in [9.17, 15) is 5.11 Å². The minimum absolute atomic E-state index is 0.227. The highest BCUT2D eigenvalue weighted by Crippen LogP contribution is 2.32. The van der Waals surface area contributed by atoms with Gasteiger partial charge in [-0.2, -0.15) is 0 Å². The second kappa shape index (κ2) is 5.53. The van der Waals surface area contributed by atoms with Crippen molar-refractivity contribution in [1.29, 1.82) is 0 Å². The molecule has 0 spiro atoms. The standard InChI is InChI=1S/C14H17Cl2N3O/c1-18(8-13(20)9-2-3-9)6-11-7-19-5-10(15)4-12(16)14(19)17-11/h4-5,7,9,13,20H,2-3,6,8H2,1H3. The number of halogens is 2. The van der Waals surface area contributed by atoms with Crippen LogP contribution in [0.4, 0.5) is 0 Å². The van der Waals surface area contributed by atoms with E-state index in [1.165, 1.54) is 0 Å². The molecule has 1 aliphatic rings. The van der Waals surface area contributed by atoms with Gasteiger partial charge in [-0.05, 0) is 31.9 Å². The number of hydrogen-bond donors (Lipinski definition) is 1. The van der Waals surface area contributed by atoms with Crippen molar-refractivity contribution in [1.82, 2.24) is 14.3 Å². The summed E-state index contributed by atoms with van der Waals surface area (Å²) in [6.07, 6.45) is 5.79. The molecular formula is C14H17Cl2N3O. The number of pyridine rings is 1. The first kappa shape index (κ1) is 14.1. The molecular weight excluding hydrogens is 297 g/mol. The molecule has 1 N–H and O–H groups in total. The van der Waals surface area contributed by atoms with Crippen LogP contribution >= 0.6 is 23.2 Å². The molecule has 1 aliphatic carbocycles. The maximum absolute atomic E-state index is 9.95. The van der Waals surface area contributed by atoms with Crippen molar-refractivity contribution in [2.24, 2.45) is 5.92 Å². The Balaban J connectivity index is 1.72. The van der Waals surface area contributed by atoms with Gasteiger partial charge < -0.3 is 9.51 Å². The molecule has 0 amide bonds. The first-order valence-corrected chi connectivity index (χ1v) is 7.48. The summed E-state index contributed by atoms with van der Waals surface area (Å²) in [6.45, 7) is 1.35. The van der Waals surface area contributed by atoms with Crippen LogP contribution in [0.5, 0.6) is 0 Å². The van der Waals surface area contributed by atoms with E-state index in [1.54, 1.807) is 12.3 Å². The smallest absolute Gasteiger partial charge is 0.156 e. The zero-order chi connectivity index (χ0) is 14.3. The summed E-state index contributed by atoms with van der Waals surface area (Å²) in [5, 5.41) is 11.1. The topological polar surface area (TPSA) is 40.8 Å². The van der Waals surface area contributed by atoms with Gasteiger partial charge in [-0.1, -0.05) is 23.2 Å². The lowest BCUT2D eigenvalue weighted by Crippen LogP contribution is -2.30. The van der Waals surface area contributed by atoms with Gasteiger partial charge in [-0.15, -0.1) is 0 Å². The number of likely N-dealkylation sites (N-methyl/N-ethyl adjacent to an activating group) is 1. The third kappa shape index (κ3) is 3.09. The van der Waals surface area contributed by atoms with E-state index in [0.717, 1.165) is 18.5 Å². The molecule has 0 saturated heterocycles. The number of imidazole rings is 1. The van der Waals surface area contributed by atoms with Crippen LogP contribution < -0.4 is 0 Å². The van der Waals surface area contributed by atoms with Gasteiger partial charge in [0.2, 0.25) is 0 Å². The molecule has 2 aromatic heterocycles. The van der Waals surface area contributed by atoms with E-state index in [1.807, 2.05) is 17.6 Å². The number of nitrogens with zero attached hydrogens (tertiary/aromatic N) is 3. The summed E-state index contributed by atoms with van der Waals surface area (Å²) >= 11 is 12.1. The molecule has 4 nitrogen and oxygen atoms in total. The fourth-order valence-electron chi connectivity index (χ4n) is 2.44. The monoisotopic (exact) mass is 313 g/mol. The molecule has 20 heavy (non-hydrogen) atoms. The van der Waals surface area contributed by atoms with Crippen molar-refractivity contribution in [2.75, 3.05) is 13.6 Å². The summed E-state index contributed by atoms with van der Waals surface area (Å²) in [7, 11) is 1.99.